The van der Waals surface area contributed by atoms with Crippen LogP contribution < -0.4 is 11.1 Å². The smallest absolute Gasteiger partial charge is 0.151 e. The summed E-state index contributed by atoms with van der Waals surface area (Å²) in [6.07, 6.45) is 3.50. The molecule has 1 aromatic heterocycles. The summed E-state index contributed by atoms with van der Waals surface area (Å²) in [4.78, 5) is 8.01. The minimum Gasteiger partial charge on any atom is -0.382 e. The Hall–Kier alpha value is -2.61. The van der Waals surface area contributed by atoms with Crippen LogP contribution in [0.2, 0.25) is 0 Å². The van der Waals surface area contributed by atoms with Gasteiger partial charge in [-0.3, -0.25) is 4.98 Å². The number of benzene rings is 1. The van der Waals surface area contributed by atoms with Crippen LogP contribution in [0, 0.1) is 11.3 Å². The van der Waals surface area contributed by atoms with Crippen LogP contribution in [0.25, 0.3) is 0 Å². The first-order chi connectivity index (χ1) is 8.28. The molecule has 0 aliphatic heterocycles. The van der Waals surface area contributed by atoms with Gasteiger partial charge < -0.3 is 11.1 Å². The molecule has 0 unspecified atom stereocenters. The third-order valence-electron chi connectivity index (χ3n) is 2.16. The fraction of sp³-hybridized carbons (Fsp3) is 0.0833. The molecular formula is C12H11N5. The standard InChI is InChI=1S/C12H11N5/c13-6-5-9-1-3-10(4-2-9)16-12-8-15-7-11(14)17-12/h1-4,7-8H,5H2,(H3,14,16,17). The van der Waals surface area contributed by atoms with Crippen molar-refractivity contribution in [2.75, 3.05) is 11.1 Å². The summed E-state index contributed by atoms with van der Waals surface area (Å²) in [7, 11) is 0. The molecule has 1 heterocycles. The Bertz CT molecular complexity index is 542. The van der Waals surface area contributed by atoms with Gasteiger partial charge in [0, 0.05) is 5.69 Å². The van der Waals surface area contributed by atoms with E-state index in [4.69, 9.17) is 11.0 Å². The van der Waals surface area contributed by atoms with Gasteiger partial charge in [-0.05, 0) is 17.7 Å². The molecule has 0 bridgehead atoms. The quantitative estimate of drug-likeness (QED) is 0.832. The fourth-order valence-electron chi connectivity index (χ4n) is 1.39. The highest BCUT2D eigenvalue weighted by molar-refractivity contribution is 5.56. The largest absolute Gasteiger partial charge is 0.382 e. The molecule has 5 heteroatoms. The maximum Gasteiger partial charge on any atom is 0.151 e. The highest BCUT2D eigenvalue weighted by Crippen LogP contribution is 2.15. The SMILES string of the molecule is N#CCc1ccc(Nc2cncc(N)n2)cc1. The molecular weight excluding hydrogens is 214 g/mol. The fourth-order valence-corrected chi connectivity index (χ4v) is 1.39. The molecule has 0 radical (unpaired) electrons. The van der Waals surface area contributed by atoms with Crippen LogP contribution in [0.15, 0.2) is 36.7 Å². The van der Waals surface area contributed by atoms with E-state index in [0.717, 1.165) is 11.3 Å². The highest BCUT2D eigenvalue weighted by Gasteiger charge is 1.97. The molecule has 3 N–H and O–H groups in total. The Labute approximate surface area is 98.9 Å². The second-order valence-corrected chi connectivity index (χ2v) is 3.49. The van der Waals surface area contributed by atoms with Gasteiger partial charge in [-0.25, -0.2) is 4.98 Å². The summed E-state index contributed by atoms with van der Waals surface area (Å²) in [6, 6.07) is 9.66. The lowest BCUT2D eigenvalue weighted by Crippen LogP contribution is -1.98. The van der Waals surface area contributed by atoms with Crippen molar-refractivity contribution < 1.29 is 0 Å². The molecule has 0 spiro atoms. The van der Waals surface area contributed by atoms with E-state index in [-0.39, 0.29) is 0 Å². The molecule has 84 valence electrons. The number of hydrogen-bond donors (Lipinski definition) is 2. The van der Waals surface area contributed by atoms with E-state index in [1.54, 1.807) is 6.20 Å². The molecule has 2 aromatic rings. The van der Waals surface area contributed by atoms with E-state index >= 15 is 0 Å². The lowest BCUT2D eigenvalue weighted by molar-refractivity contribution is 1.20. The molecule has 5 nitrogen and oxygen atoms in total. The van der Waals surface area contributed by atoms with Crippen LogP contribution in [-0.4, -0.2) is 9.97 Å². The van der Waals surface area contributed by atoms with Crippen molar-refractivity contribution in [3.05, 3.63) is 42.2 Å². The van der Waals surface area contributed by atoms with Gasteiger partial charge >= 0.3 is 0 Å². The van der Waals surface area contributed by atoms with Crippen molar-refractivity contribution >= 4 is 17.3 Å². The van der Waals surface area contributed by atoms with E-state index in [9.17, 15) is 0 Å². The third-order valence-corrected chi connectivity index (χ3v) is 2.16. The molecule has 0 saturated heterocycles. The van der Waals surface area contributed by atoms with E-state index in [1.807, 2.05) is 24.3 Å². The first kappa shape index (κ1) is 10.9. The Kier molecular flexibility index (Phi) is 3.17. The molecule has 0 fully saturated rings. The number of nitrogens with zero attached hydrogens (tertiary/aromatic N) is 3. The van der Waals surface area contributed by atoms with Crippen LogP contribution in [0.3, 0.4) is 0 Å². The number of rotatable bonds is 3. The molecule has 0 aliphatic carbocycles. The van der Waals surface area contributed by atoms with Crippen LogP contribution in [-0.2, 0) is 6.42 Å². The van der Waals surface area contributed by atoms with Gasteiger partial charge in [0.05, 0.1) is 24.9 Å². The Morgan fingerprint density at radius 1 is 1.24 bits per heavy atom. The molecule has 0 amide bonds. The number of anilines is 3. The van der Waals surface area contributed by atoms with Crippen LogP contribution in [0.5, 0.6) is 0 Å². The topological polar surface area (TPSA) is 87.6 Å². The van der Waals surface area contributed by atoms with Gasteiger partial charge in [-0.1, -0.05) is 12.1 Å². The summed E-state index contributed by atoms with van der Waals surface area (Å²) in [5.41, 5.74) is 7.39. The van der Waals surface area contributed by atoms with Crippen LogP contribution in [0.1, 0.15) is 5.56 Å². The number of nitrogens with two attached hydrogens (primary N) is 1. The Morgan fingerprint density at radius 2 is 2.00 bits per heavy atom. The number of aromatic nitrogens is 2. The van der Waals surface area contributed by atoms with E-state index < -0.39 is 0 Å². The second kappa shape index (κ2) is 4.94. The van der Waals surface area contributed by atoms with Gasteiger partial charge in [0.15, 0.2) is 5.82 Å². The second-order valence-electron chi connectivity index (χ2n) is 3.49. The van der Waals surface area contributed by atoms with Gasteiger partial charge in [-0.2, -0.15) is 5.26 Å². The van der Waals surface area contributed by atoms with Gasteiger partial charge in [-0.15, -0.1) is 0 Å². The zero-order chi connectivity index (χ0) is 12.1. The summed E-state index contributed by atoms with van der Waals surface area (Å²) in [6.45, 7) is 0. The van der Waals surface area contributed by atoms with Crippen molar-refractivity contribution in [3.63, 3.8) is 0 Å². The number of nitrogens with one attached hydrogen (secondary N) is 1. The van der Waals surface area contributed by atoms with E-state index in [0.29, 0.717) is 18.1 Å². The predicted octanol–water partition coefficient (Wildman–Crippen LogP) is 1.87. The Morgan fingerprint density at radius 3 is 2.65 bits per heavy atom. The first-order valence-electron chi connectivity index (χ1n) is 5.08. The zero-order valence-corrected chi connectivity index (χ0v) is 9.09. The molecule has 17 heavy (non-hydrogen) atoms. The highest BCUT2D eigenvalue weighted by atomic mass is 15.0. The monoisotopic (exact) mass is 225 g/mol. The van der Waals surface area contributed by atoms with Crippen molar-refractivity contribution in [1.82, 2.24) is 9.97 Å². The third kappa shape index (κ3) is 2.92. The van der Waals surface area contributed by atoms with Gasteiger partial charge in [0.25, 0.3) is 0 Å². The van der Waals surface area contributed by atoms with Gasteiger partial charge in [0.1, 0.15) is 5.82 Å². The van der Waals surface area contributed by atoms with E-state index in [2.05, 4.69) is 21.4 Å². The molecule has 0 atom stereocenters. The Balaban J connectivity index is 2.11. The normalized spacial score (nSPS) is 9.59. The minimum atomic E-state index is 0.371. The zero-order valence-electron chi connectivity index (χ0n) is 9.09. The van der Waals surface area contributed by atoms with Crippen molar-refractivity contribution in [2.24, 2.45) is 0 Å². The molecule has 0 aliphatic rings. The molecule has 1 aromatic carbocycles. The minimum absolute atomic E-state index is 0.371. The van der Waals surface area contributed by atoms with Crippen molar-refractivity contribution in [1.29, 1.82) is 5.26 Å². The first-order valence-corrected chi connectivity index (χ1v) is 5.08. The summed E-state index contributed by atoms with van der Waals surface area (Å²) in [5.74, 6) is 0.967. The lowest BCUT2D eigenvalue weighted by Gasteiger charge is -2.05. The summed E-state index contributed by atoms with van der Waals surface area (Å²) < 4.78 is 0. The average molecular weight is 225 g/mol. The lowest BCUT2D eigenvalue weighted by atomic mass is 10.1. The maximum absolute atomic E-state index is 8.56. The number of nitrogen functional groups attached to an aromatic ring is 1. The number of nitriles is 1. The average Bonchev–Trinajstić information content (AvgIpc) is 2.32. The molecule has 2 rings (SSSR count). The van der Waals surface area contributed by atoms with Crippen molar-refractivity contribution in [3.8, 4) is 6.07 Å². The van der Waals surface area contributed by atoms with Crippen molar-refractivity contribution in [2.45, 2.75) is 6.42 Å². The number of hydrogen-bond acceptors (Lipinski definition) is 5. The van der Waals surface area contributed by atoms with Crippen LogP contribution in [0.4, 0.5) is 17.3 Å². The molecule has 0 saturated carbocycles. The maximum atomic E-state index is 8.56. The van der Waals surface area contributed by atoms with Gasteiger partial charge in [0.2, 0.25) is 0 Å². The van der Waals surface area contributed by atoms with E-state index in [1.165, 1.54) is 6.20 Å². The predicted molar refractivity (Wildman–Crippen MR) is 65.5 cm³/mol. The summed E-state index contributed by atoms with van der Waals surface area (Å²) >= 11 is 0. The summed E-state index contributed by atoms with van der Waals surface area (Å²) in [5, 5.41) is 11.6. The van der Waals surface area contributed by atoms with Crippen LogP contribution >= 0.6 is 0 Å².